The van der Waals surface area contributed by atoms with Crippen molar-refractivity contribution in [2.45, 2.75) is 45.1 Å². The van der Waals surface area contributed by atoms with E-state index in [0.29, 0.717) is 12.8 Å². The quantitative estimate of drug-likeness (QED) is 0.775. The molecule has 1 amide bonds. The highest BCUT2D eigenvalue weighted by Crippen LogP contribution is 2.37. The first-order chi connectivity index (χ1) is 9.16. The Bertz CT molecular complexity index is 536. The van der Waals surface area contributed by atoms with Crippen LogP contribution < -0.4 is 0 Å². The van der Waals surface area contributed by atoms with Crippen molar-refractivity contribution in [1.29, 1.82) is 0 Å². The van der Waals surface area contributed by atoms with Crippen molar-refractivity contribution in [2.75, 3.05) is 6.54 Å². The summed E-state index contributed by atoms with van der Waals surface area (Å²) in [5, 5.41) is 0. The summed E-state index contributed by atoms with van der Waals surface area (Å²) in [6, 6.07) is 6.00. The lowest BCUT2D eigenvalue weighted by Crippen LogP contribution is -2.33. The molecule has 1 saturated heterocycles. The summed E-state index contributed by atoms with van der Waals surface area (Å²) in [6.45, 7) is 2.79. The van der Waals surface area contributed by atoms with Crippen molar-refractivity contribution >= 4 is 11.7 Å². The van der Waals surface area contributed by atoms with Crippen molar-refractivity contribution in [3.05, 3.63) is 34.9 Å². The van der Waals surface area contributed by atoms with E-state index in [2.05, 4.69) is 0 Å². The van der Waals surface area contributed by atoms with Gasteiger partial charge in [-0.15, -0.1) is 0 Å². The van der Waals surface area contributed by atoms with Gasteiger partial charge < -0.3 is 4.90 Å². The zero-order chi connectivity index (χ0) is 13.4. The number of hydrogen-bond donors (Lipinski definition) is 0. The second kappa shape index (κ2) is 4.80. The number of fused-ring (bicyclic) bond motifs is 1. The second-order valence-corrected chi connectivity index (χ2v) is 5.63. The van der Waals surface area contributed by atoms with Gasteiger partial charge in [-0.2, -0.15) is 0 Å². The average Bonchev–Trinajstić information content (AvgIpc) is 2.57. The van der Waals surface area contributed by atoms with E-state index in [9.17, 15) is 9.59 Å². The van der Waals surface area contributed by atoms with Crippen LogP contribution in [0.4, 0.5) is 0 Å². The maximum absolute atomic E-state index is 12.2. The molecule has 1 atom stereocenters. The van der Waals surface area contributed by atoms with E-state index in [1.807, 2.05) is 30.0 Å². The molecule has 19 heavy (non-hydrogen) atoms. The summed E-state index contributed by atoms with van der Waals surface area (Å²) in [5.41, 5.74) is 2.97. The molecule has 0 radical (unpaired) electrons. The smallest absolute Gasteiger partial charge is 0.223 e. The number of carbonyl (C=O) groups excluding carboxylic acids is 2. The van der Waals surface area contributed by atoms with E-state index in [0.717, 1.165) is 42.5 Å². The summed E-state index contributed by atoms with van der Waals surface area (Å²) in [7, 11) is 0. The monoisotopic (exact) mass is 257 g/mol. The van der Waals surface area contributed by atoms with Gasteiger partial charge in [0, 0.05) is 24.9 Å². The van der Waals surface area contributed by atoms with Crippen LogP contribution in [0.3, 0.4) is 0 Å². The van der Waals surface area contributed by atoms with Gasteiger partial charge >= 0.3 is 0 Å². The Morgan fingerprint density at radius 1 is 1.16 bits per heavy atom. The topological polar surface area (TPSA) is 37.4 Å². The molecule has 1 aliphatic carbocycles. The van der Waals surface area contributed by atoms with Crippen LogP contribution >= 0.6 is 0 Å². The fourth-order valence-electron chi connectivity index (χ4n) is 3.21. The number of benzene rings is 1. The molecule has 1 aromatic carbocycles. The Kier molecular flexibility index (Phi) is 3.13. The maximum Gasteiger partial charge on any atom is 0.223 e. The SMILES string of the molecule is Cc1ccc2c(c1)C(=O)CC2N1CCCCCC1=O. The number of nitrogens with zero attached hydrogens (tertiary/aromatic N) is 1. The number of amides is 1. The van der Waals surface area contributed by atoms with E-state index in [4.69, 9.17) is 0 Å². The maximum atomic E-state index is 12.2. The molecular formula is C16H19NO2. The summed E-state index contributed by atoms with van der Waals surface area (Å²) < 4.78 is 0. The molecule has 1 heterocycles. The van der Waals surface area contributed by atoms with Gasteiger partial charge in [-0.1, -0.05) is 24.1 Å². The number of carbonyl (C=O) groups is 2. The lowest BCUT2D eigenvalue weighted by Gasteiger charge is -2.28. The van der Waals surface area contributed by atoms with Crippen molar-refractivity contribution in [2.24, 2.45) is 0 Å². The number of ketones is 1. The lowest BCUT2D eigenvalue weighted by molar-refractivity contribution is -0.132. The lowest BCUT2D eigenvalue weighted by atomic mass is 10.0. The van der Waals surface area contributed by atoms with Crippen LogP contribution in [0, 0.1) is 6.92 Å². The third-order valence-corrected chi connectivity index (χ3v) is 4.23. The van der Waals surface area contributed by atoms with Crippen molar-refractivity contribution in [3.63, 3.8) is 0 Å². The fourth-order valence-corrected chi connectivity index (χ4v) is 3.21. The highest BCUT2D eigenvalue weighted by molar-refractivity contribution is 6.02. The predicted molar refractivity (Wildman–Crippen MR) is 73.0 cm³/mol. The largest absolute Gasteiger partial charge is 0.335 e. The van der Waals surface area contributed by atoms with Gasteiger partial charge in [-0.3, -0.25) is 9.59 Å². The first-order valence-corrected chi connectivity index (χ1v) is 7.10. The number of likely N-dealkylation sites (tertiary alicyclic amines) is 1. The predicted octanol–water partition coefficient (Wildman–Crippen LogP) is 3.03. The average molecular weight is 257 g/mol. The molecule has 0 aromatic heterocycles. The molecule has 1 aliphatic heterocycles. The van der Waals surface area contributed by atoms with Crippen LogP contribution in [-0.4, -0.2) is 23.1 Å². The van der Waals surface area contributed by atoms with Gasteiger partial charge in [0.1, 0.15) is 0 Å². The summed E-state index contributed by atoms with van der Waals surface area (Å²) in [5.74, 6) is 0.393. The minimum absolute atomic E-state index is 0.0197. The zero-order valence-corrected chi connectivity index (χ0v) is 11.3. The number of rotatable bonds is 1. The Labute approximate surface area is 113 Å². The van der Waals surface area contributed by atoms with E-state index in [1.54, 1.807) is 0 Å². The molecular weight excluding hydrogens is 238 g/mol. The zero-order valence-electron chi connectivity index (χ0n) is 11.3. The first kappa shape index (κ1) is 12.4. The standard InChI is InChI=1S/C16H19NO2/c1-11-6-7-12-13(9-11)15(18)10-14(12)17-8-4-2-3-5-16(17)19/h6-7,9,14H,2-5,8,10H2,1H3. The molecule has 0 bridgehead atoms. The van der Waals surface area contributed by atoms with E-state index in [1.165, 1.54) is 0 Å². The molecule has 0 saturated carbocycles. The van der Waals surface area contributed by atoms with Gasteiger partial charge in [0.25, 0.3) is 0 Å². The van der Waals surface area contributed by atoms with Crippen LogP contribution in [-0.2, 0) is 4.79 Å². The Balaban J connectivity index is 1.95. The van der Waals surface area contributed by atoms with Gasteiger partial charge in [-0.25, -0.2) is 0 Å². The van der Waals surface area contributed by atoms with Gasteiger partial charge in [0.2, 0.25) is 5.91 Å². The van der Waals surface area contributed by atoms with Crippen LogP contribution in [0.5, 0.6) is 0 Å². The summed E-state index contributed by atoms with van der Waals surface area (Å²) in [6.07, 6.45) is 4.24. The van der Waals surface area contributed by atoms with Crippen LogP contribution in [0.15, 0.2) is 18.2 Å². The van der Waals surface area contributed by atoms with Gasteiger partial charge in [0.05, 0.1) is 6.04 Å². The van der Waals surface area contributed by atoms with Crippen LogP contribution in [0.25, 0.3) is 0 Å². The minimum Gasteiger partial charge on any atom is -0.335 e. The molecule has 3 heteroatoms. The molecule has 0 spiro atoms. The molecule has 2 aliphatic rings. The van der Waals surface area contributed by atoms with Crippen molar-refractivity contribution in [1.82, 2.24) is 4.90 Å². The van der Waals surface area contributed by atoms with E-state index in [-0.39, 0.29) is 17.7 Å². The van der Waals surface area contributed by atoms with Crippen molar-refractivity contribution < 1.29 is 9.59 Å². The Hall–Kier alpha value is -1.64. The molecule has 1 unspecified atom stereocenters. The fraction of sp³-hybridized carbons (Fsp3) is 0.500. The summed E-state index contributed by atoms with van der Waals surface area (Å²) >= 11 is 0. The number of aryl methyl sites for hydroxylation is 1. The highest BCUT2D eigenvalue weighted by Gasteiger charge is 2.35. The molecule has 100 valence electrons. The second-order valence-electron chi connectivity index (χ2n) is 5.63. The Morgan fingerprint density at radius 2 is 2.00 bits per heavy atom. The number of hydrogen-bond acceptors (Lipinski definition) is 2. The molecule has 1 aromatic rings. The van der Waals surface area contributed by atoms with Crippen LogP contribution in [0.1, 0.15) is 59.6 Å². The van der Waals surface area contributed by atoms with Crippen molar-refractivity contribution in [3.8, 4) is 0 Å². The summed E-state index contributed by atoms with van der Waals surface area (Å²) in [4.78, 5) is 26.3. The first-order valence-electron chi connectivity index (χ1n) is 7.10. The third-order valence-electron chi connectivity index (χ3n) is 4.23. The van der Waals surface area contributed by atoms with Gasteiger partial charge in [-0.05, 0) is 31.4 Å². The van der Waals surface area contributed by atoms with E-state index < -0.39 is 0 Å². The number of Topliss-reactive ketones (excluding diaryl/α,β-unsaturated/α-hetero) is 1. The normalized spacial score (nSPS) is 23.4. The third kappa shape index (κ3) is 2.18. The molecule has 0 N–H and O–H groups in total. The minimum atomic E-state index is -0.0197. The highest BCUT2D eigenvalue weighted by atomic mass is 16.2. The molecule has 3 nitrogen and oxygen atoms in total. The molecule has 1 fully saturated rings. The van der Waals surface area contributed by atoms with Crippen LogP contribution in [0.2, 0.25) is 0 Å². The Morgan fingerprint density at radius 3 is 2.84 bits per heavy atom. The molecule has 3 rings (SSSR count). The van der Waals surface area contributed by atoms with Gasteiger partial charge in [0.15, 0.2) is 5.78 Å². The van der Waals surface area contributed by atoms with E-state index >= 15 is 0 Å².